The molecule has 0 aliphatic carbocycles. The minimum absolute atomic E-state index is 0.254. The molecule has 0 bridgehead atoms. The molecule has 0 fully saturated rings. The molecule has 1 aliphatic heterocycles. The maximum Gasteiger partial charge on any atom is 0.197 e. The quantitative estimate of drug-likeness (QED) is 0.403. The molecule has 3 aromatic carbocycles. The van der Waals surface area contributed by atoms with Gasteiger partial charge in [-0.05, 0) is 50.2 Å². The van der Waals surface area contributed by atoms with Crippen LogP contribution < -0.4 is 20.7 Å². The third-order valence-corrected chi connectivity index (χ3v) is 10.5. The number of ether oxygens (including phenoxy) is 2. The summed E-state index contributed by atoms with van der Waals surface area (Å²) in [5, 5.41) is 4.08. The second-order valence-electron chi connectivity index (χ2n) is 8.15. The fourth-order valence-electron chi connectivity index (χ4n) is 4.55. The lowest BCUT2D eigenvalue weighted by atomic mass is 10.1. The van der Waals surface area contributed by atoms with Gasteiger partial charge in [0.25, 0.3) is 0 Å². The topological polar surface area (TPSA) is 31.4 Å². The van der Waals surface area contributed by atoms with Crippen molar-refractivity contribution < 1.29 is 9.47 Å². The molecule has 5 rings (SSSR count). The number of rotatable bonds is 5. The summed E-state index contributed by atoms with van der Waals surface area (Å²) in [6, 6.07) is 32.8. The van der Waals surface area contributed by atoms with Gasteiger partial charge < -0.3 is 9.47 Å². The van der Waals surface area contributed by atoms with Gasteiger partial charge in [-0.2, -0.15) is 0 Å². The van der Waals surface area contributed by atoms with E-state index >= 15 is 0 Å². The van der Waals surface area contributed by atoms with Crippen molar-refractivity contribution >= 4 is 23.2 Å². The van der Waals surface area contributed by atoms with Crippen LogP contribution in [0.1, 0.15) is 23.7 Å². The van der Waals surface area contributed by atoms with E-state index in [1.54, 1.807) is 0 Å². The summed E-state index contributed by atoms with van der Waals surface area (Å²) >= 11 is 0. The lowest BCUT2D eigenvalue weighted by molar-refractivity contribution is -0.0953. The Kier molecular flexibility index (Phi) is 5.78. The van der Waals surface area contributed by atoms with Crippen LogP contribution in [-0.2, 0) is 17.5 Å². The van der Waals surface area contributed by atoms with Crippen LogP contribution in [0, 0.1) is 6.92 Å². The van der Waals surface area contributed by atoms with Crippen LogP contribution in [0.5, 0.6) is 5.75 Å². The average Bonchev–Trinajstić information content (AvgIpc) is 2.86. The van der Waals surface area contributed by atoms with Crippen LogP contribution in [0.25, 0.3) is 0 Å². The van der Waals surface area contributed by atoms with Gasteiger partial charge in [0.05, 0.1) is 12.3 Å². The monoisotopic (exact) mass is 440 g/mol. The Morgan fingerprint density at radius 2 is 1.31 bits per heavy atom. The SMILES string of the molecule is Cc1ncc(C[P+](c2ccccc2)(c2ccccc2)c2ccccc2)c2c1OC(C)OC2. The zero-order valence-electron chi connectivity index (χ0n) is 18.4. The highest BCUT2D eigenvalue weighted by Crippen LogP contribution is 2.58. The first kappa shape index (κ1) is 20.9. The zero-order valence-corrected chi connectivity index (χ0v) is 19.3. The van der Waals surface area contributed by atoms with Gasteiger partial charge in [-0.3, -0.25) is 4.98 Å². The zero-order chi connectivity index (χ0) is 22.0. The normalized spacial score (nSPS) is 15.6. The number of pyridine rings is 1. The van der Waals surface area contributed by atoms with Crippen molar-refractivity contribution in [3.8, 4) is 5.75 Å². The van der Waals surface area contributed by atoms with E-state index < -0.39 is 7.26 Å². The van der Waals surface area contributed by atoms with E-state index in [-0.39, 0.29) is 6.29 Å². The molecule has 0 radical (unpaired) electrons. The predicted molar refractivity (Wildman–Crippen MR) is 133 cm³/mol. The summed E-state index contributed by atoms with van der Waals surface area (Å²) in [6.07, 6.45) is 2.64. The Morgan fingerprint density at radius 3 is 1.81 bits per heavy atom. The number of aromatic nitrogens is 1. The third-order valence-electron chi connectivity index (χ3n) is 6.15. The number of benzene rings is 3. The van der Waals surface area contributed by atoms with Gasteiger partial charge in [0, 0.05) is 17.3 Å². The summed E-state index contributed by atoms with van der Waals surface area (Å²) < 4.78 is 12.0. The highest BCUT2D eigenvalue weighted by Gasteiger charge is 2.46. The van der Waals surface area contributed by atoms with Crippen molar-refractivity contribution in [2.24, 2.45) is 0 Å². The molecule has 4 heteroatoms. The Labute approximate surface area is 190 Å². The first-order valence-electron chi connectivity index (χ1n) is 11.0. The Morgan fingerprint density at radius 1 is 0.812 bits per heavy atom. The average molecular weight is 441 g/mol. The highest BCUT2D eigenvalue weighted by atomic mass is 31.2. The number of hydrogen-bond donors (Lipinski definition) is 0. The molecule has 1 aliphatic rings. The number of fused-ring (bicyclic) bond motifs is 1. The van der Waals surface area contributed by atoms with Gasteiger partial charge in [-0.25, -0.2) is 0 Å². The van der Waals surface area contributed by atoms with Crippen LogP contribution in [-0.4, -0.2) is 11.3 Å². The van der Waals surface area contributed by atoms with Gasteiger partial charge >= 0.3 is 0 Å². The van der Waals surface area contributed by atoms with Crippen LogP contribution in [0.15, 0.2) is 97.2 Å². The standard InChI is InChI=1S/C28H27NO2P/c1-21-28-27(19-30-22(2)31-28)23(18-29-21)20-32(24-12-6-3-7-13-24,25-14-8-4-9-15-25)26-16-10-5-11-17-26/h3-18,22H,19-20H2,1-2H3/q+1. The molecule has 2 heterocycles. The molecule has 3 nitrogen and oxygen atoms in total. The minimum atomic E-state index is -2.00. The van der Waals surface area contributed by atoms with Crippen molar-refractivity contribution in [1.29, 1.82) is 0 Å². The molecule has 1 atom stereocenters. The molecule has 0 N–H and O–H groups in total. The molecule has 0 saturated carbocycles. The maximum atomic E-state index is 6.06. The van der Waals surface area contributed by atoms with Crippen molar-refractivity contribution in [3.05, 3.63) is 114 Å². The van der Waals surface area contributed by atoms with Gasteiger partial charge in [-0.1, -0.05) is 54.6 Å². The van der Waals surface area contributed by atoms with Gasteiger partial charge in [-0.15, -0.1) is 0 Å². The second-order valence-corrected chi connectivity index (χ2v) is 11.6. The lowest BCUT2D eigenvalue weighted by Gasteiger charge is -2.31. The van der Waals surface area contributed by atoms with Gasteiger partial charge in [0.1, 0.15) is 35.1 Å². The molecular formula is C28H27NO2P+. The Bertz CT molecular complexity index is 1100. The molecule has 0 amide bonds. The number of nitrogens with zero attached hydrogens (tertiary/aromatic N) is 1. The lowest BCUT2D eigenvalue weighted by Crippen LogP contribution is -2.33. The van der Waals surface area contributed by atoms with Crippen molar-refractivity contribution in [2.45, 2.75) is 32.9 Å². The Hall–Kier alpha value is -3.00. The first-order valence-corrected chi connectivity index (χ1v) is 13.0. The van der Waals surface area contributed by atoms with Crippen LogP contribution in [0.2, 0.25) is 0 Å². The van der Waals surface area contributed by atoms with Gasteiger partial charge in [0.2, 0.25) is 0 Å². The summed E-state index contributed by atoms with van der Waals surface area (Å²) in [4.78, 5) is 4.73. The molecule has 0 saturated heterocycles. The first-order chi connectivity index (χ1) is 15.7. The summed E-state index contributed by atoms with van der Waals surface area (Å²) in [6.45, 7) is 4.49. The molecular weight excluding hydrogens is 413 g/mol. The van der Waals surface area contributed by atoms with E-state index in [1.807, 2.05) is 20.0 Å². The van der Waals surface area contributed by atoms with Crippen LogP contribution in [0.4, 0.5) is 0 Å². The second kappa shape index (κ2) is 8.86. The molecule has 32 heavy (non-hydrogen) atoms. The maximum absolute atomic E-state index is 6.06. The predicted octanol–water partition coefficient (Wildman–Crippen LogP) is 5.14. The van der Waals surface area contributed by atoms with E-state index in [2.05, 4.69) is 91.0 Å². The van der Waals surface area contributed by atoms with Crippen LogP contribution in [0.3, 0.4) is 0 Å². The smallest absolute Gasteiger partial charge is 0.197 e. The van der Waals surface area contributed by atoms with Gasteiger partial charge in [0.15, 0.2) is 6.29 Å². The number of aryl methyl sites for hydroxylation is 1. The van der Waals surface area contributed by atoms with E-state index in [4.69, 9.17) is 14.5 Å². The fourth-order valence-corrected chi connectivity index (χ4v) is 8.82. The summed E-state index contributed by atoms with van der Waals surface area (Å²) in [5.74, 6) is 0.883. The van der Waals surface area contributed by atoms with E-state index in [0.717, 1.165) is 23.2 Å². The van der Waals surface area contributed by atoms with Crippen molar-refractivity contribution in [3.63, 3.8) is 0 Å². The summed E-state index contributed by atoms with van der Waals surface area (Å²) in [7, 11) is -2.00. The highest BCUT2D eigenvalue weighted by molar-refractivity contribution is 7.95. The van der Waals surface area contributed by atoms with E-state index in [1.165, 1.54) is 21.5 Å². The molecule has 1 aromatic heterocycles. The summed E-state index contributed by atoms with van der Waals surface area (Å²) in [5.41, 5.74) is 3.24. The molecule has 4 aromatic rings. The van der Waals surface area contributed by atoms with E-state index in [0.29, 0.717) is 6.61 Å². The van der Waals surface area contributed by atoms with Crippen molar-refractivity contribution in [1.82, 2.24) is 4.98 Å². The Balaban J connectivity index is 1.76. The van der Waals surface area contributed by atoms with Crippen molar-refractivity contribution in [2.75, 3.05) is 0 Å². The third kappa shape index (κ3) is 3.72. The van der Waals surface area contributed by atoms with Crippen LogP contribution >= 0.6 is 7.26 Å². The fraction of sp³-hybridized carbons (Fsp3) is 0.179. The molecule has 0 spiro atoms. The largest absolute Gasteiger partial charge is 0.463 e. The number of hydrogen-bond acceptors (Lipinski definition) is 3. The molecule has 160 valence electrons. The van der Waals surface area contributed by atoms with E-state index in [9.17, 15) is 0 Å². The molecule has 1 unspecified atom stereocenters. The minimum Gasteiger partial charge on any atom is -0.463 e.